The van der Waals surface area contributed by atoms with E-state index in [0.29, 0.717) is 18.2 Å². The summed E-state index contributed by atoms with van der Waals surface area (Å²) < 4.78 is 1.87. The van der Waals surface area contributed by atoms with Crippen LogP contribution in [-0.4, -0.2) is 38.3 Å². The summed E-state index contributed by atoms with van der Waals surface area (Å²) in [6.07, 6.45) is 2.24. The molecule has 7 heteroatoms. The topological polar surface area (TPSA) is 84.1 Å². The SMILES string of the molecule is Cc1c(C(=O)O)cccc1N(C)Cc1nnnn1C1CC1. The molecule has 0 spiro atoms. The van der Waals surface area contributed by atoms with Gasteiger partial charge in [0.05, 0.1) is 18.2 Å². The average molecular weight is 287 g/mol. The van der Waals surface area contributed by atoms with Crippen LogP contribution in [0.2, 0.25) is 0 Å². The Labute approximate surface area is 122 Å². The first-order valence-corrected chi connectivity index (χ1v) is 6.88. The number of anilines is 1. The van der Waals surface area contributed by atoms with Gasteiger partial charge in [-0.3, -0.25) is 0 Å². The number of aromatic carboxylic acids is 1. The van der Waals surface area contributed by atoms with Gasteiger partial charge < -0.3 is 10.0 Å². The lowest BCUT2D eigenvalue weighted by Gasteiger charge is -2.21. The largest absolute Gasteiger partial charge is 0.478 e. The van der Waals surface area contributed by atoms with Crippen molar-refractivity contribution in [3.63, 3.8) is 0 Å². The van der Waals surface area contributed by atoms with Crippen LogP contribution < -0.4 is 4.90 Å². The van der Waals surface area contributed by atoms with E-state index in [4.69, 9.17) is 0 Å². The van der Waals surface area contributed by atoms with Gasteiger partial charge in [0.2, 0.25) is 0 Å². The highest BCUT2D eigenvalue weighted by Crippen LogP contribution is 2.34. The normalized spacial score (nSPS) is 14.2. The van der Waals surface area contributed by atoms with Gasteiger partial charge in [0.25, 0.3) is 0 Å². The molecule has 0 amide bonds. The van der Waals surface area contributed by atoms with Crippen LogP contribution in [0.15, 0.2) is 18.2 Å². The lowest BCUT2D eigenvalue weighted by Crippen LogP contribution is -2.21. The smallest absolute Gasteiger partial charge is 0.336 e. The molecule has 1 N–H and O–H groups in total. The van der Waals surface area contributed by atoms with Gasteiger partial charge in [-0.15, -0.1) is 5.10 Å². The van der Waals surface area contributed by atoms with Crippen molar-refractivity contribution in [2.75, 3.05) is 11.9 Å². The highest BCUT2D eigenvalue weighted by atomic mass is 16.4. The molecule has 0 bridgehead atoms. The van der Waals surface area contributed by atoms with Crippen molar-refractivity contribution in [2.24, 2.45) is 0 Å². The highest BCUT2D eigenvalue weighted by Gasteiger charge is 2.28. The van der Waals surface area contributed by atoms with Gasteiger partial charge in [0.1, 0.15) is 0 Å². The molecule has 1 aromatic carbocycles. The summed E-state index contributed by atoms with van der Waals surface area (Å²) in [5, 5.41) is 21.0. The first-order valence-electron chi connectivity index (χ1n) is 6.88. The van der Waals surface area contributed by atoms with Crippen molar-refractivity contribution < 1.29 is 9.90 Å². The Bertz CT molecular complexity index is 678. The minimum Gasteiger partial charge on any atom is -0.478 e. The molecule has 1 heterocycles. The van der Waals surface area contributed by atoms with Crippen LogP contribution in [0.5, 0.6) is 0 Å². The fourth-order valence-corrected chi connectivity index (χ4v) is 2.49. The summed E-state index contributed by atoms with van der Waals surface area (Å²) in [5.74, 6) is -0.106. The molecule has 21 heavy (non-hydrogen) atoms. The first kappa shape index (κ1) is 13.5. The lowest BCUT2D eigenvalue weighted by molar-refractivity contribution is 0.0696. The van der Waals surface area contributed by atoms with Crippen molar-refractivity contribution >= 4 is 11.7 Å². The van der Waals surface area contributed by atoms with E-state index in [-0.39, 0.29) is 0 Å². The average Bonchev–Trinajstić information content (AvgIpc) is 3.19. The number of hydrogen-bond donors (Lipinski definition) is 1. The maximum absolute atomic E-state index is 11.2. The number of carbonyl (C=O) groups is 1. The van der Waals surface area contributed by atoms with Gasteiger partial charge in [-0.25, -0.2) is 9.48 Å². The van der Waals surface area contributed by atoms with Crippen LogP contribution in [0.1, 0.15) is 40.6 Å². The van der Waals surface area contributed by atoms with Crippen molar-refractivity contribution in [1.82, 2.24) is 20.2 Å². The molecule has 110 valence electrons. The molecule has 0 saturated heterocycles. The molecular weight excluding hydrogens is 270 g/mol. The quantitative estimate of drug-likeness (QED) is 0.900. The predicted molar refractivity (Wildman–Crippen MR) is 76.3 cm³/mol. The third-order valence-corrected chi connectivity index (χ3v) is 3.78. The van der Waals surface area contributed by atoms with Gasteiger partial charge in [0.15, 0.2) is 5.82 Å². The van der Waals surface area contributed by atoms with E-state index in [2.05, 4.69) is 15.5 Å². The monoisotopic (exact) mass is 287 g/mol. The molecule has 0 radical (unpaired) electrons. The van der Waals surface area contributed by atoms with Crippen molar-refractivity contribution in [1.29, 1.82) is 0 Å². The lowest BCUT2D eigenvalue weighted by atomic mass is 10.1. The van der Waals surface area contributed by atoms with Crippen molar-refractivity contribution in [3.8, 4) is 0 Å². The van der Waals surface area contributed by atoms with Crippen LogP contribution in [0.25, 0.3) is 0 Å². The number of carboxylic acids is 1. The second-order valence-corrected chi connectivity index (χ2v) is 5.38. The van der Waals surface area contributed by atoms with E-state index < -0.39 is 5.97 Å². The molecule has 0 atom stereocenters. The number of carboxylic acid groups (broad SMARTS) is 1. The Morgan fingerprint density at radius 1 is 1.48 bits per heavy atom. The van der Waals surface area contributed by atoms with Gasteiger partial charge in [0, 0.05) is 12.7 Å². The molecule has 0 unspecified atom stereocenters. The predicted octanol–water partition coefficient (Wildman–Crippen LogP) is 1.65. The summed E-state index contributed by atoms with van der Waals surface area (Å²) in [7, 11) is 1.92. The van der Waals surface area contributed by atoms with Gasteiger partial charge in [-0.1, -0.05) is 6.07 Å². The van der Waals surface area contributed by atoms with Crippen LogP contribution in [0, 0.1) is 6.92 Å². The first-order chi connectivity index (χ1) is 10.1. The van der Waals surface area contributed by atoms with E-state index >= 15 is 0 Å². The Balaban J connectivity index is 1.85. The van der Waals surface area contributed by atoms with Gasteiger partial charge in [-0.05, 0) is 47.9 Å². The van der Waals surface area contributed by atoms with Crippen molar-refractivity contribution in [2.45, 2.75) is 32.4 Å². The van der Waals surface area contributed by atoms with Crippen molar-refractivity contribution in [3.05, 3.63) is 35.2 Å². The van der Waals surface area contributed by atoms with Gasteiger partial charge >= 0.3 is 5.97 Å². The van der Waals surface area contributed by atoms with Crippen LogP contribution in [0.3, 0.4) is 0 Å². The standard InChI is InChI=1S/C14H17N5O2/c1-9-11(14(20)21)4-3-5-12(9)18(2)8-13-15-16-17-19(13)10-6-7-10/h3-5,10H,6-8H2,1-2H3,(H,20,21). The maximum atomic E-state index is 11.2. The molecular formula is C14H17N5O2. The summed E-state index contributed by atoms with van der Waals surface area (Å²) in [6, 6.07) is 5.71. The minimum atomic E-state index is -0.912. The molecule has 2 aromatic rings. The maximum Gasteiger partial charge on any atom is 0.336 e. The minimum absolute atomic E-state index is 0.320. The zero-order valence-corrected chi connectivity index (χ0v) is 12.0. The Morgan fingerprint density at radius 2 is 2.24 bits per heavy atom. The molecule has 1 aromatic heterocycles. The zero-order chi connectivity index (χ0) is 15.0. The van der Waals surface area contributed by atoms with Gasteiger partial charge in [-0.2, -0.15) is 0 Å². The van der Waals surface area contributed by atoms with Crippen LogP contribution in [0.4, 0.5) is 5.69 Å². The molecule has 1 aliphatic carbocycles. The molecule has 1 aliphatic rings. The third kappa shape index (κ3) is 2.58. The molecule has 0 aliphatic heterocycles. The summed E-state index contributed by atoms with van der Waals surface area (Å²) >= 11 is 0. The Morgan fingerprint density at radius 3 is 2.90 bits per heavy atom. The van der Waals surface area contributed by atoms with Crippen LogP contribution >= 0.6 is 0 Å². The summed E-state index contributed by atoms with van der Waals surface area (Å²) in [6.45, 7) is 2.37. The number of aromatic nitrogens is 4. The number of tetrazole rings is 1. The summed E-state index contributed by atoms with van der Waals surface area (Å²) in [4.78, 5) is 13.2. The summed E-state index contributed by atoms with van der Waals surface area (Å²) in [5.41, 5.74) is 1.94. The molecule has 1 fully saturated rings. The van der Waals surface area contributed by atoms with E-state index in [1.54, 1.807) is 12.1 Å². The molecule has 7 nitrogen and oxygen atoms in total. The zero-order valence-electron chi connectivity index (χ0n) is 12.0. The van der Waals surface area contributed by atoms with E-state index in [9.17, 15) is 9.90 Å². The van der Waals surface area contributed by atoms with E-state index in [0.717, 1.165) is 29.9 Å². The Hall–Kier alpha value is -2.44. The number of benzene rings is 1. The van der Waals surface area contributed by atoms with Crippen LogP contribution in [-0.2, 0) is 6.54 Å². The van der Waals surface area contributed by atoms with E-state index in [1.807, 2.05) is 29.6 Å². The number of hydrogen-bond acceptors (Lipinski definition) is 5. The number of nitrogens with zero attached hydrogens (tertiary/aromatic N) is 5. The second-order valence-electron chi connectivity index (χ2n) is 5.38. The fraction of sp³-hybridized carbons (Fsp3) is 0.429. The third-order valence-electron chi connectivity index (χ3n) is 3.78. The second kappa shape index (κ2) is 5.16. The highest BCUT2D eigenvalue weighted by molar-refractivity contribution is 5.91. The van der Waals surface area contributed by atoms with E-state index in [1.165, 1.54) is 0 Å². The number of rotatable bonds is 5. The molecule has 3 rings (SSSR count). The Kier molecular flexibility index (Phi) is 3.32. The molecule has 1 saturated carbocycles. The fourth-order valence-electron chi connectivity index (χ4n) is 2.49.